The molecule has 0 heterocycles. The summed E-state index contributed by atoms with van der Waals surface area (Å²) in [5, 5.41) is 7.78. The van der Waals surface area contributed by atoms with Crippen LogP contribution < -0.4 is 0 Å². The normalized spacial score (nSPS) is 13.1. The molecule has 0 heteroatoms. The zero-order chi connectivity index (χ0) is 44.7. The van der Waals surface area contributed by atoms with E-state index < -0.39 is 0 Å². The summed E-state index contributed by atoms with van der Waals surface area (Å²) in [6.45, 7) is 35.2. The van der Waals surface area contributed by atoms with Crippen LogP contribution in [0.25, 0.3) is 76.8 Å². The van der Waals surface area contributed by atoms with E-state index >= 15 is 0 Å². The quantitative estimate of drug-likeness (QED) is 0.155. The minimum absolute atomic E-state index is 0.0311. The lowest BCUT2D eigenvalue weighted by atomic mass is 9.71. The lowest BCUT2D eigenvalue weighted by Gasteiger charge is -2.33. The van der Waals surface area contributed by atoms with Crippen molar-refractivity contribution in [3.63, 3.8) is 0 Å². The molecule has 0 atom stereocenters. The Kier molecular flexibility index (Phi) is 10.5. The van der Waals surface area contributed by atoms with E-state index in [1.807, 2.05) is 0 Å². The van der Waals surface area contributed by atoms with Gasteiger partial charge in [-0.2, -0.15) is 0 Å². The zero-order valence-electron chi connectivity index (χ0n) is 40.3. The molecule has 0 saturated heterocycles. The molecule has 0 spiro atoms. The summed E-state index contributed by atoms with van der Waals surface area (Å²) in [6.07, 6.45) is 0. The topological polar surface area (TPSA) is 0 Å². The van der Waals surface area contributed by atoms with Crippen LogP contribution in [0.4, 0.5) is 0 Å². The molecule has 0 fully saturated rings. The van der Waals surface area contributed by atoms with Crippen molar-refractivity contribution in [3.05, 3.63) is 167 Å². The van der Waals surface area contributed by atoms with Gasteiger partial charge in [0.15, 0.2) is 0 Å². The molecule has 0 aromatic heterocycles. The lowest BCUT2D eigenvalue weighted by Crippen LogP contribution is -2.22. The molecular formula is C62H68. The largest absolute Gasteiger partial charge is 0.0622 e. The van der Waals surface area contributed by atoms with E-state index in [-0.39, 0.29) is 27.1 Å². The molecule has 0 amide bonds. The Labute approximate surface area is 373 Å². The van der Waals surface area contributed by atoms with E-state index in [1.54, 1.807) is 0 Å². The van der Waals surface area contributed by atoms with Gasteiger partial charge in [-0.05, 0) is 150 Å². The third kappa shape index (κ3) is 7.80. The maximum absolute atomic E-state index is 2.59. The van der Waals surface area contributed by atoms with Crippen LogP contribution in [0.1, 0.15) is 132 Å². The number of benzene rings is 8. The molecule has 0 radical (unpaired) electrons. The fraction of sp³-hybridized carbons (Fsp3) is 0.323. The van der Waals surface area contributed by atoms with E-state index in [4.69, 9.17) is 0 Å². The first kappa shape index (κ1) is 43.2. The van der Waals surface area contributed by atoms with Crippen molar-refractivity contribution in [2.75, 3.05) is 0 Å². The molecule has 0 bridgehead atoms. The fourth-order valence-electron chi connectivity index (χ4n) is 9.66. The molecule has 0 unspecified atom stereocenters. The monoisotopic (exact) mass is 813 g/mol. The smallest absolute Gasteiger partial charge is 0.000139 e. The maximum Gasteiger partial charge on any atom is -0.000139 e. The van der Waals surface area contributed by atoms with Crippen molar-refractivity contribution in [2.45, 2.75) is 131 Å². The summed E-state index contributed by atoms with van der Waals surface area (Å²) in [5.74, 6) is 0. The van der Waals surface area contributed by atoms with Gasteiger partial charge in [0, 0.05) is 0 Å². The van der Waals surface area contributed by atoms with Gasteiger partial charge >= 0.3 is 0 Å². The first-order valence-corrected chi connectivity index (χ1v) is 22.9. The van der Waals surface area contributed by atoms with Crippen LogP contribution in [0.2, 0.25) is 0 Å². The van der Waals surface area contributed by atoms with Crippen molar-refractivity contribution in [3.8, 4) is 44.5 Å². The number of hydrogen-bond acceptors (Lipinski definition) is 0. The van der Waals surface area contributed by atoms with Crippen molar-refractivity contribution in [2.24, 2.45) is 0 Å². The number of hydrogen-bond donors (Lipinski definition) is 0. The van der Waals surface area contributed by atoms with Crippen LogP contribution in [-0.4, -0.2) is 0 Å². The molecule has 0 N–H and O–H groups in total. The Hall–Kier alpha value is -5.46. The highest BCUT2D eigenvalue weighted by atomic mass is 14.3. The molecule has 8 rings (SSSR count). The summed E-state index contributed by atoms with van der Waals surface area (Å²) in [5.41, 5.74) is 16.8. The second-order valence-electron chi connectivity index (χ2n) is 23.1. The number of rotatable bonds is 4. The molecule has 0 aliphatic heterocycles. The highest BCUT2D eigenvalue weighted by molar-refractivity contribution is 6.34. The predicted octanol–water partition coefficient (Wildman–Crippen LogP) is 18.3. The molecule has 316 valence electrons. The van der Waals surface area contributed by atoms with Gasteiger partial charge in [0.1, 0.15) is 0 Å². The van der Waals surface area contributed by atoms with Crippen LogP contribution in [0.15, 0.2) is 140 Å². The third-order valence-electron chi connectivity index (χ3n) is 13.2. The average molecular weight is 813 g/mol. The van der Waals surface area contributed by atoms with Crippen molar-refractivity contribution < 1.29 is 0 Å². The van der Waals surface area contributed by atoms with Gasteiger partial charge in [-0.3, -0.25) is 0 Å². The Balaban J connectivity index is 1.78. The van der Waals surface area contributed by atoms with Crippen molar-refractivity contribution >= 4 is 32.3 Å². The van der Waals surface area contributed by atoms with Gasteiger partial charge in [0.2, 0.25) is 0 Å². The van der Waals surface area contributed by atoms with Crippen LogP contribution in [0.5, 0.6) is 0 Å². The van der Waals surface area contributed by atoms with E-state index in [0.29, 0.717) is 0 Å². The lowest BCUT2D eigenvalue weighted by molar-refractivity contribution is 0.531. The predicted molar refractivity (Wildman–Crippen MR) is 274 cm³/mol. The summed E-state index contributed by atoms with van der Waals surface area (Å²) in [4.78, 5) is 0. The average Bonchev–Trinajstić information content (AvgIpc) is 3.20. The van der Waals surface area contributed by atoms with E-state index in [1.165, 1.54) is 105 Å². The van der Waals surface area contributed by atoms with E-state index in [0.717, 1.165) is 0 Å². The minimum Gasteiger partial charge on any atom is -0.0622 e. The molecule has 0 nitrogen and oxygen atoms in total. The minimum atomic E-state index is -0.0833. The molecule has 0 aliphatic carbocycles. The summed E-state index contributed by atoms with van der Waals surface area (Å²) in [7, 11) is 0. The molecule has 0 aliphatic rings. The van der Waals surface area contributed by atoms with Crippen LogP contribution in [-0.2, 0) is 27.1 Å². The second-order valence-corrected chi connectivity index (χ2v) is 23.1. The Morgan fingerprint density at radius 1 is 0.242 bits per heavy atom. The van der Waals surface area contributed by atoms with Gasteiger partial charge in [-0.25, -0.2) is 0 Å². The van der Waals surface area contributed by atoms with Crippen LogP contribution in [0, 0.1) is 0 Å². The summed E-state index contributed by atoms with van der Waals surface area (Å²) < 4.78 is 0. The van der Waals surface area contributed by atoms with Gasteiger partial charge < -0.3 is 0 Å². The zero-order valence-corrected chi connectivity index (χ0v) is 40.3. The highest BCUT2D eigenvalue weighted by Gasteiger charge is 2.31. The van der Waals surface area contributed by atoms with E-state index in [2.05, 4.69) is 243 Å². The van der Waals surface area contributed by atoms with Crippen LogP contribution >= 0.6 is 0 Å². The first-order valence-electron chi connectivity index (χ1n) is 22.9. The Bertz CT molecular complexity index is 2940. The van der Waals surface area contributed by atoms with Crippen molar-refractivity contribution in [1.29, 1.82) is 0 Å². The Morgan fingerprint density at radius 2 is 0.532 bits per heavy atom. The maximum atomic E-state index is 2.59. The first-order chi connectivity index (χ1) is 28.9. The molecule has 62 heavy (non-hydrogen) atoms. The van der Waals surface area contributed by atoms with Crippen molar-refractivity contribution in [1.82, 2.24) is 0 Å². The van der Waals surface area contributed by atoms with E-state index in [9.17, 15) is 0 Å². The number of fused-ring (bicyclic) bond motifs is 3. The summed E-state index contributed by atoms with van der Waals surface area (Å²) in [6, 6.07) is 54.1. The molecule has 8 aromatic rings. The summed E-state index contributed by atoms with van der Waals surface area (Å²) >= 11 is 0. The molecule has 0 saturated carbocycles. The van der Waals surface area contributed by atoms with Gasteiger partial charge in [-0.1, -0.05) is 225 Å². The van der Waals surface area contributed by atoms with Gasteiger partial charge in [0.05, 0.1) is 0 Å². The van der Waals surface area contributed by atoms with Gasteiger partial charge in [-0.15, -0.1) is 0 Å². The fourth-order valence-corrected chi connectivity index (χ4v) is 9.66. The molecule has 8 aromatic carbocycles. The molecular weight excluding hydrogens is 745 g/mol. The van der Waals surface area contributed by atoms with Crippen LogP contribution in [0.3, 0.4) is 0 Å². The third-order valence-corrected chi connectivity index (χ3v) is 13.2. The second kappa shape index (κ2) is 15.1. The van der Waals surface area contributed by atoms with Gasteiger partial charge in [0.25, 0.3) is 0 Å². The SMILES string of the molecule is CC(C)(C)c1ccc(-c2c3cc(C(C)(C)C)ccc3c(-c3ccccc3)c3c(-c4ccc(C(C)(C)C)cc4)c4cc(C(C)(C)C)c(C(C)(C)C)cc4c(-c4ccccc4)c23)cc1. The Morgan fingerprint density at radius 3 is 0.855 bits per heavy atom. The highest BCUT2D eigenvalue weighted by Crippen LogP contribution is 2.55. The standard InChI is InChI=1S/C62H68/c1-58(2,3)43-30-26-41(27-31-43)54-47-36-45(60(7,8)9)34-35-46(47)52(39-22-18-16-19-23-39)56-55(42-28-32-44(33-29-42)59(4,5)6)49-38-51(62(13,14)15)50(61(10,11)12)37-48(49)53(57(54)56)40-24-20-17-21-25-40/h16-38H,1-15H3.